The second-order valence-corrected chi connectivity index (χ2v) is 7.14. The van der Waals surface area contributed by atoms with Crippen molar-refractivity contribution in [2.75, 3.05) is 39.8 Å². The highest BCUT2D eigenvalue weighted by molar-refractivity contribution is 6.31. The van der Waals surface area contributed by atoms with Crippen molar-refractivity contribution in [1.29, 1.82) is 0 Å². The molecule has 28 heavy (non-hydrogen) atoms. The van der Waals surface area contributed by atoms with Crippen LogP contribution in [0.1, 0.15) is 18.3 Å². The molecule has 1 aliphatic heterocycles. The molecule has 1 aromatic carbocycles. The maximum atomic E-state index is 14.0. The van der Waals surface area contributed by atoms with Crippen molar-refractivity contribution >= 4 is 17.6 Å². The Morgan fingerprint density at radius 2 is 2.07 bits per heavy atom. The number of nitrogens with one attached hydrogen (secondary N) is 1. The Hall–Kier alpha value is -2.19. The average molecular weight is 408 g/mol. The Morgan fingerprint density at radius 3 is 2.75 bits per heavy atom. The molecule has 0 aliphatic carbocycles. The summed E-state index contributed by atoms with van der Waals surface area (Å²) >= 11 is 6.15. The third kappa shape index (κ3) is 4.99. The van der Waals surface area contributed by atoms with Gasteiger partial charge in [0.15, 0.2) is 5.96 Å². The number of aryl methyl sites for hydroxylation is 1. The molecule has 0 bridgehead atoms. The van der Waals surface area contributed by atoms with E-state index in [1.54, 1.807) is 25.5 Å². The van der Waals surface area contributed by atoms with E-state index in [2.05, 4.69) is 41.8 Å². The normalized spacial score (nSPS) is 15.9. The third-order valence-electron chi connectivity index (χ3n) is 4.97. The first-order valence-corrected chi connectivity index (χ1v) is 9.97. The minimum atomic E-state index is -0.243. The molecule has 2 heterocycles. The second kappa shape index (κ2) is 9.84. The van der Waals surface area contributed by atoms with Crippen LogP contribution >= 0.6 is 11.6 Å². The molecule has 2 aromatic rings. The van der Waals surface area contributed by atoms with E-state index in [-0.39, 0.29) is 5.82 Å². The van der Waals surface area contributed by atoms with Crippen LogP contribution in [0.2, 0.25) is 5.02 Å². The summed E-state index contributed by atoms with van der Waals surface area (Å²) in [5.74, 6) is 1.62. The van der Waals surface area contributed by atoms with Gasteiger partial charge in [0, 0.05) is 69.9 Å². The van der Waals surface area contributed by atoms with E-state index >= 15 is 0 Å². The number of nitrogens with zero attached hydrogens (tertiary/aromatic N) is 6. The van der Waals surface area contributed by atoms with Gasteiger partial charge in [0.1, 0.15) is 18.0 Å². The Morgan fingerprint density at radius 1 is 1.29 bits per heavy atom. The van der Waals surface area contributed by atoms with E-state index < -0.39 is 0 Å². The van der Waals surface area contributed by atoms with E-state index in [0.29, 0.717) is 17.1 Å². The summed E-state index contributed by atoms with van der Waals surface area (Å²) in [5.41, 5.74) is 0.570. The smallest absolute Gasteiger partial charge is 0.193 e. The van der Waals surface area contributed by atoms with E-state index in [1.807, 2.05) is 0 Å². The Balaban J connectivity index is 1.47. The molecule has 0 radical (unpaired) electrons. The van der Waals surface area contributed by atoms with Crippen LogP contribution in [0.5, 0.6) is 0 Å². The number of benzene rings is 1. The van der Waals surface area contributed by atoms with Crippen LogP contribution in [0, 0.1) is 5.82 Å². The van der Waals surface area contributed by atoms with E-state index in [9.17, 15) is 4.39 Å². The lowest BCUT2D eigenvalue weighted by molar-refractivity contribution is 0.171. The molecule has 7 nitrogen and oxygen atoms in total. The number of piperazine rings is 1. The number of hydrogen-bond donors (Lipinski definition) is 1. The van der Waals surface area contributed by atoms with Crippen molar-refractivity contribution in [3.63, 3.8) is 0 Å². The maximum absolute atomic E-state index is 14.0. The summed E-state index contributed by atoms with van der Waals surface area (Å²) < 4.78 is 16.1. The molecular weight excluding hydrogens is 381 g/mol. The van der Waals surface area contributed by atoms with Gasteiger partial charge in [-0.25, -0.2) is 4.39 Å². The fraction of sp³-hybridized carbons (Fsp3) is 0.526. The Kier molecular flexibility index (Phi) is 7.22. The summed E-state index contributed by atoms with van der Waals surface area (Å²) in [6, 6.07) is 4.84. The summed E-state index contributed by atoms with van der Waals surface area (Å²) in [5, 5.41) is 12.0. The van der Waals surface area contributed by atoms with Crippen molar-refractivity contribution in [3.8, 4) is 0 Å². The number of rotatable bonds is 6. The molecule has 1 fully saturated rings. The van der Waals surface area contributed by atoms with Gasteiger partial charge in [-0.05, 0) is 12.1 Å². The molecule has 0 spiro atoms. The molecule has 0 amide bonds. The second-order valence-electron chi connectivity index (χ2n) is 6.73. The van der Waals surface area contributed by atoms with Gasteiger partial charge in [0.05, 0.1) is 0 Å². The summed E-state index contributed by atoms with van der Waals surface area (Å²) in [7, 11) is 1.80. The van der Waals surface area contributed by atoms with Crippen molar-refractivity contribution in [1.82, 2.24) is 29.9 Å². The van der Waals surface area contributed by atoms with Crippen LogP contribution in [0.25, 0.3) is 0 Å². The third-order valence-corrected chi connectivity index (χ3v) is 5.33. The minimum Gasteiger partial charge on any atom is -0.354 e. The summed E-state index contributed by atoms with van der Waals surface area (Å²) in [6.45, 7) is 7.47. The molecule has 1 aliphatic rings. The molecule has 0 unspecified atom stereocenters. The largest absolute Gasteiger partial charge is 0.354 e. The highest BCUT2D eigenvalue weighted by Crippen LogP contribution is 2.21. The Bertz CT molecular complexity index is 779. The predicted molar refractivity (Wildman–Crippen MR) is 109 cm³/mol. The van der Waals surface area contributed by atoms with Gasteiger partial charge in [0.25, 0.3) is 0 Å². The maximum Gasteiger partial charge on any atom is 0.193 e. The molecule has 1 N–H and O–H groups in total. The van der Waals surface area contributed by atoms with Crippen molar-refractivity contribution in [2.45, 2.75) is 26.4 Å². The fourth-order valence-electron chi connectivity index (χ4n) is 3.38. The predicted octanol–water partition coefficient (Wildman–Crippen LogP) is 2.03. The van der Waals surface area contributed by atoms with Crippen molar-refractivity contribution in [3.05, 3.63) is 46.8 Å². The Labute approximate surface area is 170 Å². The zero-order valence-electron chi connectivity index (χ0n) is 16.4. The lowest BCUT2D eigenvalue weighted by Gasteiger charge is -2.36. The van der Waals surface area contributed by atoms with Gasteiger partial charge in [-0.3, -0.25) is 9.89 Å². The van der Waals surface area contributed by atoms with Crippen LogP contribution < -0.4 is 5.32 Å². The van der Waals surface area contributed by atoms with Gasteiger partial charge < -0.3 is 14.8 Å². The van der Waals surface area contributed by atoms with Crippen LogP contribution in [0.3, 0.4) is 0 Å². The van der Waals surface area contributed by atoms with E-state index in [0.717, 1.165) is 57.5 Å². The lowest BCUT2D eigenvalue weighted by Crippen LogP contribution is -2.52. The van der Waals surface area contributed by atoms with Gasteiger partial charge in [0.2, 0.25) is 0 Å². The molecule has 152 valence electrons. The van der Waals surface area contributed by atoms with Crippen LogP contribution in [0.4, 0.5) is 4.39 Å². The molecule has 0 saturated carbocycles. The average Bonchev–Trinajstić information content (AvgIpc) is 3.16. The fourth-order valence-corrected chi connectivity index (χ4v) is 3.61. The molecule has 9 heteroatoms. The molecule has 3 rings (SSSR count). The quantitative estimate of drug-likeness (QED) is 0.586. The number of halogens is 2. The number of hydrogen-bond acceptors (Lipinski definition) is 4. The first-order valence-electron chi connectivity index (χ1n) is 9.60. The van der Waals surface area contributed by atoms with Crippen molar-refractivity contribution in [2.24, 2.45) is 4.99 Å². The van der Waals surface area contributed by atoms with Gasteiger partial charge in [-0.1, -0.05) is 24.6 Å². The van der Waals surface area contributed by atoms with Crippen LogP contribution in [-0.4, -0.2) is 70.3 Å². The first kappa shape index (κ1) is 20.5. The van der Waals surface area contributed by atoms with Crippen LogP contribution in [-0.2, 0) is 19.5 Å². The molecular formula is C19H27ClFN7. The number of guanidine groups is 1. The topological polar surface area (TPSA) is 61.6 Å². The van der Waals surface area contributed by atoms with Crippen molar-refractivity contribution < 1.29 is 4.39 Å². The summed E-state index contributed by atoms with van der Waals surface area (Å²) in [6.07, 6.45) is 2.62. The minimum absolute atomic E-state index is 0.243. The number of aromatic nitrogens is 3. The molecule has 1 saturated heterocycles. The monoisotopic (exact) mass is 407 g/mol. The van der Waals surface area contributed by atoms with E-state index in [1.165, 1.54) is 6.07 Å². The highest BCUT2D eigenvalue weighted by Gasteiger charge is 2.21. The summed E-state index contributed by atoms with van der Waals surface area (Å²) in [4.78, 5) is 8.85. The molecule has 0 atom stereocenters. The molecule has 1 aromatic heterocycles. The van der Waals surface area contributed by atoms with Gasteiger partial charge >= 0.3 is 0 Å². The zero-order valence-corrected chi connectivity index (χ0v) is 17.2. The highest BCUT2D eigenvalue weighted by atomic mass is 35.5. The SMILES string of the molecule is CCc1nncn1CCNC(=NC)N1CCN(Cc2c(F)cccc2Cl)CC1. The zero-order chi connectivity index (χ0) is 19.9. The van der Waals surface area contributed by atoms with Gasteiger partial charge in [-0.2, -0.15) is 0 Å². The van der Waals surface area contributed by atoms with Crippen LogP contribution in [0.15, 0.2) is 29.5 Å². The standard InChI is InChI=1S/C19H27ClFN7/c1-3-18-25-24-14-28(18)8-7-23-19(22-2)27-11-9-26(10-12-27)13-15-16(20)5-4-6-17(15)21/h4-6,14H,3,7-13H2,1-2H3,(H,22,23). The number of aliphatic imine (C=N–C) groups is 1. The first-order chi connectivity index (χ1) is 13.6. The lowest BCUT2D eigenvalue weighted by atomic mass is 10.2. The van der Waals surface area contributed by atoms with E-state index in [4.69, 9.17) is 11.6 Å². The van der Waals surface area contributed by atoms with Gasteiger partial charge in [-0.15, -0.1) is 10.2 Å².